The van der Waals surface area contributed by atoms with Crippen molar-refractivity contribution < 1.29 is 4.79 Å². The van der Waals surface area contributed by atoms with E-state index in [4.69, 9.17) is 0 Å². The molecule has 0 atom stereocenters. The van der Waals surface area contributed by atoms with Gasteiger partial charge in [0.25, 0.3) is 5.56 Å². The van der Waals surface area contributed by atoms with Crippen LogP contribution in [0.25, 0.3) is 11.3 Å². The Labute approximate surface area is 146 Å². The fourth-order valence-corrected chi connectivity index (χ4v) is 2.65. The first-order valence-corrected chi connectivity index (χ1v) is 8.17. The zero-order valence-corrected chi connectivity index (χ0v) is 14.6. The van der Waals surface area contributed by atoms with E-state index >= 15 is 0 Å². The smallest absolute Gasteiger partial charge is 0.267 e. The average molecular weight is 335 g/mol. The highest BCUT2D eigenvalue weighted by molar-refractivity contribution is 5.91. The van der Waals surface area contributed by atoms with Gasteiger partial charge in [0.15, 0.2) is 0 Å². The minimum Gasteiger partial charge on any atom is -0.324 e. The quantitative estimate of drug-likeness (QED) is 0.767. The summed E-state index contributed by atoms with van der Waals surface area (Å²) in [5.41, 5.74) is 5.43. The largest absolute Gasteiger partial charge is 0.324 e. The molecule has 0 unspecified atom stereocenters. The Balaban J connectivity index is 1.77. The van der Waals surface area contributed by atoms with Crippen LogP contribution in [0.15, 0.2) is 53.3 Å². The number of aromatic amines is 1. The van der Waals surface area contributed by atoms with Crippen molar-refractivity contribution in [3.8, 4) is 11.3 Å². The maximum Gasteiger partial charge on any atom is 0.267 e. The molecule has 1 amide bonds. The Bertz CT molecular complexity index is 965. The van der Waals surface area contributed by atoms with Crippen LogP contribution in [0.1, 0.15) is 16.7 Å². The predicted molar refractivity (Wildman–Crippen MR) is 99.8 cm³/mol. The molecule has 0 bridgehead atoms. The van der Waals surface area contributed by atoms with Crippen molar-refractivity contribution in [2.45, 2.75) is 27.3 Å². The van der Waals surface area contributed by atoms with E-state index in [1.54, 1.807) is 0 Å². The van der Waals surface area contributed by atoms with Gasteiger partial charge >= 0.3 is 0 Å². The summed E-state index contributed by atoms with van der Waals surface area (Å²) >= 11 is 0. The van der Waals surface area contributed by atoms with Gasteiger partial charge in [-0.25, -0.2) is 4.68 Å². The number of nitrogens with one attached hydrogen (secondary N) is 2. The third-order valence-corrected chi connectivity index (χ3v) is 4.33. The molecule has 3 aromatic rings. The SMILES string of the molecule is Cc1ccc(-c2cc(=O)n(CC(=O)Nc3cccc(C)c3C)[nH]2)cc1. The summed E-state index contributed by atoms with van der Waals surface area (Å²) < 4.78 is 1.32. The van der Waals surface area contributed by atoms with E-state index in [2.05, 4.69) is 10.4 Å². The zero-order chi connectivity index (χ0) is 18.0. The van der Waals surface area contributed by atoms with Crippen LogP contribution in [-0.2, 0) is 11.3 Å². The number of nitrogens with zero attached hydrogens (tertiary/aromatic N) is 1. The van der Waals surface area contributed by atoms with Crippen LogP contribution in [0.4, 0.5) is 5.69 Å². The Morgan fingerprint density at radius 3 is 2.52 bits per heavy atom. The van der Waals surface area contributed by atoms with Gasteiger partial charge in [-0.05, 0) is 43.5 Å². The summed E-state index contributed by atoms with van der Waals surface area (Å²) in [5.74, 6) is -0.242. The molecule has 2 aromatic carbocycles. The van der Waals surface area contributed by atoms with E-state index in [0.29, 0.717) is 5.69 Å². The average Bonchev–Trinajstić information content (AvgIpc) is 2.93. The van der Waals surface area contributed by atoms with Crippen molar-refractivity contribution in [1.82, 2.24) is 9.78 Å². The number of hydrogen-bond acceptors (Lipinski definition) is 2. The summed E-state index contributed by atoms with van der Waals surface area (Å²) in [6.45, 7) is 5.91. The van der Waals surface area contributed by atoms with E-state index in [1.807, 2.05) is 63.2 Å². The molecule has 1 aromatic heterocycles. The number of amides is 1. The molecule has 2 N–H and O–H groups in total. The molecule has 0 aliphatic carbocycles. The van der Waals surface area contributed by atoms with Crippen LogP contribution in [0.5, 0.6) is 0 Å². The Hall–Kier alpha value is -3.08. The molecule has 0 aliphatic rings. The lowest BCUT2D eigenvalue weighted by molar-refractivity contribution is -0.117. The van der Waals surface area contributed by atoms with Crippen molar-refractivity contribution in [2.75, 3.05) is 5.32 Å². The van der Waals surface area contributed by atoms with E-state index in [9.17, 15) is 9.59 Å². The zero-order valence-electron chi connectivity index (χ0n) is 14.6. The highest BCUT2D eigenvalue weighted by Crippen LogP contribution is 2.18. The fraction of sp³-hybridized carbons (Fsp3) is 0.200. The van der Waals surface area contributed by atoms with Gasteiger partial charge in [-0.3, -0.25) is 14.7 Å². The number of hydrogen-bond donors (Lipinski definition) is 2. The van der Waals surface area contributed by atoms with Crippen LogP contribution in [-0.4, -0.2) is 15.7 Å². The van der Waals surface area contributed by atoms with Crippen molar-refractivity contribution >= 4 is 11.6 Å². The summed E-state index contributed by atoms with van der Waals surface area (Å²) in [5, 5.41) is 5.87. The van der Waals surface area contributed by atoms with Crippen LogP contribution in [0.3, 0.4) is 0 Å². The molecule has 0 fully saturated rings. The van der Waals surface area contributed by atoms with Gasteiger partial charge in [-0.1, -0.05) is 42.0 Å². The number of carbonyl (C=O) groups is 1. The summed E-state index contributed by atoms with van der Waals surface area (Å²) in [6.07, 6.45) is 0. The normalized spacial score (nSPS) is 10.7. The van der Waals surface area contributed by atoms with E-state index < -0.39 is 0 Å². The first-order valence-electron chi connectivity index (χ1n) is 8.17. The van der Waals surface area contributed by atoms with E-state index in [0.717, 1.165) is 27.9 Å². The lowest BCUT2D eigenvalue weighted by Gasteiger charge is -2.10. The van der Waals surface area contributed by atoms with Crippen LogP contribution < -0.4 is 10.9 Å². The van der Waals surface area contributed by atoms with Gasteiger partial charge in [0.2, 0.25) is 5.91 Å². The van der Waals surface area contributed by atoms with Gasteiger partial charge in [-0.15, -0.1) is 0 Å². The Kier molecular flexibility index (Phi) is 4.57. The molecule has 0 saturated carbocycles. The molecular formula is C20H21N3O2. The summed E-state index contributed by atoms with van der Waals surface area (Å²) in [6, 6.07) is 15.1. The maximum absolute atomic E-state index is 12.3. The van der Waals surface area contributed by atoms with Crippen LogP contribution in [0.2, 0.25) is 0 Å². The number of rotatable bonds is 4. The van der Waals surface area contributed by atoms with E-state index in [1.165, 1.54) is 10.7 Å². The molecule has 5 nitrogen and oxygen atoms in total. The molecule has 25 heavy (non-hydrogen) atoms. The molecule has 0 saturated heterocycles. The maximum atomic E-state index is 12.3. The minimum atomic E-state index is -0.242. The van der Waals surface area contributed by atoms with Gasteiger partial charge < -0.3 is 5.32 Å². The van der Waals surface area contributed by atoms with Crippen LogP contribution in [0, 0.1) is 20.8 Å². The third kappa shape index (κ3) is 3.71. The van der Waals surface area contributed by atoms with Gasteiger partial charge in [-0.2, -0.15) is 0 Å². The monoisotopic (exact) mass is 335 g/mol. The molecule has 128 valence electrons. The molecule has 0 aliphatic heterocycles. The second kappa shape index (κ2) is 6.81. The number of anilines is 1. The predicted octanol–water partition coefficient (Wildman–Crippen LogP) is 3.41. The second-order valence-electron chi connectivity index (χ2n) is 6.26. The Morgan fingerprint density at radius 1 is 1.08 bits per heavy atom. The van der Waals surface area contributed by atoms with Crippen molar-refractivity contribution in [2.24, 2.45) is 0 Å². The highest BCUT2D eigenvalue weighted by Gasteiger charge is 2.11. The molecular weight excluding hydrogens is 314 g/mol. The first-order chi connectivity index (χ1) is 11.9. The molecule has 0 radical (unpaired) electrons. The van der Waals surface area contributed by atoms with Crippen LogP contribution >= 0.6 is 0 Å². The van der Waals surface area contributed by atoms with Gasteiger partial charge in [0.1, 0.15) is 6.54 Å². The Morgan fingerprint density at radius 2 is 1.80 bits per heavy atom. The topological polar surface area (TPSA) is 66.9 Å². The minimum absolute atomic E-state index is 0.0575. The summed E-state index contributed by atoms with van der Waals surface area (Å²) in [7, 11) is 0. The first kappa shape index (κ1) is 16.8. The number of aryl methyl sites for hydroxylation is 2. The highest BCUT2D eigenvalue weighted by atomic mass is 16.2. The fourth-order valence-electron chi connectivity index (χ4n) is 2.65. The summed E-state index contributed by atoms with van der Waals surface area (Å²) in [4.78, 5) is 24.4. The van der Waals surface area contributed by atoms with Gasteiger partial charge in [0.05, 0.1) is 5.69 Å². The number of carbonyl (C=O) groups excluding carboxylic acids is 1. The molecule has 3 rings (SSSR count). The van der Waals surface area contributed by atoms with Crippen molar-refractivity contribution in [3.63, 3.8) is 0 Å². The lowest BCUT2D eigenvalue weighted by atomic mass is 10.1. The van der Waals surface area contributed by atoms with Gasteiger partial charge in [0, 0.05) is 11.8 Å². The number of benzene rings is 2. The van der Waals surface area contributed by atoms with Crippen molar-refractivity contribution in [3.05, 3.63) is 75.6 Å². The third-order valence-electron chi connectivity index (χ3n) is 4.33. The number of H-pyrrole nitrogens is 1. The number of aromatic nitrogens is 2. The standard InChI is InChI=1S/C20H21N3O2/c1-13-7-9-16(10-8-13)18-11-20(25)23(22-18)12-19(24)21-17-6-4-5-14(2)15(17)3/h4-11,22H,12H2,1-3H3,(H,21,24). The second-order valence-corrected chi connectivity index (χ2v) is 6.26. The lowest BCUT2D eigenvalue weighted by Crippen LogP contribution is -2.26. The van der Waals surface area contributed by atoms with E-state index in [-0.39, 0.29) is 18.0 Å². The van der Waals surface area contributed by atoms with Crippen molar-refractivity contribution in [1.29, 1.82) is 0 Å². The molecule has 5 heteroatoms. The molecule has 1 heterocycles. The molecule has 0 spiro atoms.